The van der Waals surface area contributed by atoms with E-state index in [1.807, 2.05) is 0 Å². The molecule has 4 heteroatoms. The van der Waals surface area contributed by atoms with Crippen LogP contribution in [0.4, 0.5) is 5.82 Å². The van der Waals surface area contributed by atoms with Gasteiger partial charge in [-0.25, -0.2) is 4.98 Å². The number of hydrogen-bond donors (Lipinski definition) is 0. The number of aromatic nitrogens is 1. The number of anilines is 1. The van der Waals surface area contributed by atoms with Crippen molar-refractivity contribution in [3.8, 4) is 10.6 Å². The van der Waals surface area contributed by atoms with Crippen molar-refractivity contribution in [1.29, 1.82) is 0 Å². The van der Waals surface area contributed by atoms with Crippen LogP contribution in [0.15, 0.2) is 41.8 Å². The molecule has 24 heavy (non-hydrogen) atoms. The quantitative estimate of drug-likeness (QED) is 0.690. The Kier molecular flexibility index (Phi) is 4.25. The molecule has 0 saturated carbocycles. The Morgan fingerprint density at radius 2 is 1.96 bits per heavy atom. The minimum absolute atomic E-state index is 1.04. The normalized spacial score (nSPS) is 16.5. The second-order valence-corrected chi connectivity index (χ2v) is 7.62. The summed E-state index contributed by atoms with van der Waals surface area (Å²) in [6.07, 6.45) is 1.19. The van der Waals surface area contributed by atoms with Crippen molar-refractivity contribution in [2.75, 3.05) is 38.1 Å². The van der Waals surface area contributed by atoms with E-state index in [0.29, 0.717) is 0 Å². The molecule has 3 aromatic rings. The number of aryl methyl sites for hydroxylation is 1. The van der Waals surface area contributed by atoms with Gasteiger partial charge in [-0.3, -0.25) is 0 Å². The van der Waals surface area contributed by atoms with E-state index >= 15 is 0 Å². The first-order chi connectivity index (χ1) is 11.7. The Balaban J connectivity index is 1.86. The first-order valence-corrected chi connectivity index (χ1v) is 9.47. The van der Waals surface area contributed by atoms with Crippen molar-refractivity contribution < 1.29 is 0 Å². The molecule has 0 unspecified atom stereocenters. The summed E-state index contributed by atoms with van der Waals surface area (Å²) in [5, 5.41) is 4.68. The third-order valence-electron chi connectivity index (χ3n) is 4.76. The average Bonchev–Trinajstić information content (AvgIpc) is 3.03. The van der Waals surface area contributed by atoms with E-state index in [1.54, 1.807) is 11.3 Å². The second kappa shape index (κ2) is 6.54. The summed E-state index contributed by atoms with van der Waals surface area (Å²) in [5.74, 6) is 1.15. The number of nitrogens with zero attached hydrogens (tertiary/aromatic N) is 3. The van der Waals surface area contributed by atoms with Crippen LogP contribution in [0.25, 0.3) is 21.3 Å². The Bertz CT molecular complexity index is 841. The highest BCUT2D eigenvalue weighted by molar-refractivity contribution is 7.13. The highest BCUT2D eigenvalue weighted by atomic mass is 32.1. The fourth-order valence-electron chi connectivity index (χ4n) is 3.39. The van der Waals surface area contributed by atoms with Gasteiger partial charge in [0.1, 0.15) is 5.82 Å². The summed E-state index contributed by atoms with van der Waals surface area (Å²) in [4.78, 5) is 11.2. The second-order valence-electron chi connectivity index (χ2n) is 6.68. The Labute approximate surface area is 147 Å². The van der Waals surface area contributed by atoms with Gasteiger partial charge in [-0.15, -0.1) is 11.3 Å². The molecule has 1 aliphatic heterocycles. The number of fused-ring (bicyclic) bond motifs is 1. The molecule has 0 atom stereocenters. The highest BCUT2D eigenvalue weighted by Gasteiger charge is 2.18. The van der Waals surface area contributed by atoms with Crippen LogP contribution in [0, 0.1) is 6.92 Å². The van der Waals surface area contributed by atoms with E-state index in [-0.39, 0.29) is 0 Å². The van der Waals surface area contributed by atoms with Gasteiger partial charge >= 0.3 is 0 Å². The predicted octanol–water partition coefficient (Wildman–Crippen LogP) is 4.41. The lowest BCUT2D eigenvalue weighted by Gasteiger charge is -2.24. The zero-order chi connectivity index (χ0) is 16.5. The van der Waals surface area contributed by atoms with Crippen molar-refractivity contribution >= 4 is 27.9 Å². The molecular formula is C20H23N3S. The van der Waals surface area contributed by atoms with Gasteiger partial charge < -0.3 is 9.80 Å². The number of pyridine rings is 1. The van der Waals surface area contributed by atoms with E-state index in [4.69, 9.17) is 4.98 Å². The van der Waals surface area contributed by atoms with E-state index < -0.39 is 0 Å². The van der Waals surface area contributed by atoms with Crippen molar-refractivity contribution in [1.82, 2.24) is 9.88 Å². The maximum atomic E-state index is 5.09. The molecule has 0 spiro atoms. The van der Waals surface area contributed by atoms with Gasteiger partial charge in [0.25, 0.3) is 0 Å². The lowest BCUT2D eigenvalue weighted by atomic mass is 10.1. The summed E-state index contributed by atoms with van der Waals surface area (Å²) >= 11 is 1.76. The predicted molar refractivity (Wildman–Crippen MR) is 104 cm³/mol. The molecule has 124 valence electrons. The van der Waals surface area contributed by atoms with Crippen LogP contribution in [0.2, 0.25) is 0 Å². The number of hydrogen-bond acceptors (Lipinski definition) is 4. The van der Waals surface area contributed by atoms with Gasteiger partial charge in [-0.05, 0) is 55.9 Å². The maximum absolute atomic E-state index is 5.09. The van der Waals surface area contributed by atoms with E-state index in [1.165, 1.54) is 27.6 Å². The van der Waals surface area contributed by atoms with Crippen molar-refractivity contribution in [2.45, 2.75) is 13.3 Å². The van der Waals surface area contributed by atoms with Crippen LogP contribution in [0.5, 0.6) is 0 Å². The van der Waals surface area contributed by atoms with Crippen LogP contribution < -0.4 is 4.90 Å². The fourth-order valence-corrected chi connectivity index (χ4v) is 4.08. The molecule has 0 bridgehead atoms. The lowest BCUT2D eigenvalue weighted by Crippen LogP contribution is -2.29. The molecule has 1 saturated heterocycles. The molecule has 3 nitrogen and oxygen atoms in total. The summed E-state index contributed by atoms with van der Waals surface area (Å²) in [6, 6.07) is 13.2. The molecule has 0 radical (unpaired) electrons. The number of thiophene rings is 1. The molecule has 1 aromatic carbocycles. The molecule has 0 aliphatic carbocycles. The van der Waals surface area contributed by atoms with Crippen molar-refractivity contribution in [3.63, 3.8) is 0 Å². The Morgan fingerprint density at radius 1 is 1.04 bits per heavy atom. The van der Waals surface area contributed by atoms with Crippen LogP contribution in [0.1, 0.15) is 12.0 Å². The smallest absolute Gasteiger partial charge is 0.137 e. The van der Waals surface area contributed by atoms with Gasteiger partial charge in [0.2, 0.25) is 0 Å². The first kappa shape index (κ1) is 15.6. The zero-order valence-corrected chi connectivity index (χ0v) is 15.1. The highest BCUT2D eigenvalue weighted by Crippen LogP contribution is 2.32. The van der Waals surface area contributed by atoms with Gasteiger partial charge in [0, 0.05) is 25.0 Å². The Morgan fingerprint density at radius 3 is 2.79 bits per heavy atom. The minimum atomic E-state index is 1.04. The lowest BCUT2D eigenvalue weighted by molar-refractivity contribution is 0.360. The standard InChI is InChI=1S/C20H23N3S/c1-15-6-7-16-14-18(19-5-3-12-24-19)21-20(17(16)13-15)23-9-4-8-22(2)10-11-23/h3,5-7,12-14H,4,8-11H2,1-2H3. The molecule has 0 N–H and O–H groups in total. The van der Waals surface area contributed by atoms with Crippen LogP contribution in [-0.4, -0.2) is 43.1 Å². The van der Waals surface area contributed by atoms with Gasteiger partial charge in [-0.1, -0.05) is 23.8 Å². The first-order valence-electron chi connectivity index (χ1n) is 8.59. The van der Waals surface area contributed by atoms with Crippen molar-refractivity contribution in [3.05, 3.63) is 47.3 Å². The SMILES string of the molecule is Cc1ccc2cc(-c3cccs3)nc(N3CCCN(C)CC3)c2c1. The molecule has 4 rings (SSSR count). The maximum Gasteiger partial charge on any atom is 0.137 e. The molecule has 1 fully saturated rings. The van der Waals surface area contributed by atoms with E-state index in [2.05, 4.69) is 65.5 Å². The monoisotopic (exact) mass is 337 g/mol. The van der Waals surface area contributed by atoms with Gasteiger partial charge in [-0.2, -0.15) is 0 Å². The van der Waals surface area contributed by atoms with E-state index in [0.717, 1.165) is 37.7 Å². The van der Waals surface area contributed by atoms with Gasteiger partial charge in [0.15, 0.2) is 0 Å². The van der Waals surface area contributed by atoms with E-state index in [9.17, 15) is 0 Å². The van der Waals surface area contributed by atoms with Crippen LogP contribution in [0.3, 0.4) is 0 Å². The number of likely N-dealkylation sites (N-methyl/N-ethyl adjacent to an activating group) is 1. The van der Waals surface area contributed by atoms with Crippen LogP contribution in [-0.2, 0) is 0 Å². The largest absolute Gasteiger partial charge is 0.355 e. The molecule has 0 amide bonds. The molecular weight excluding hydrogens is 314 g/mol. The molecule has 3 heterocycles. The topological polar surface area (TPSA) is 19.4 Å². The van der Waals surface area contributed by atoms with Gasteiger partial charge in [0.05, 0.1) is 10.6 Å². The summed E-state index contributed by atoms with van der Waals surface area (Å²) in [7, 11) is 2.21. The molecule has 2 aromatic heterocycles. The number of benzene rings is 1. The third-order valence-corrected chi connectivity index (χ3v) is 5.65. The summed E-state index contributed by atoms with van der Waals surface area (Å²) < 4.78 is 0. The fraction of sp³-hybridized carbons (Fsp3) is 0.350. The van der Waals surface area contributed by atoms with Crippen LogP contribution >= 0.6 is 11.3 Å². The Hall–Kier alpha value is -1.91. The zero-order valence-electron chi connectivity index (χ0n) is 14.3. The molecule has 1 aliphatic rings. The summed E-state index contributed by atoms with van der Waals surface area (Å²) in [6.45, 7) is 6.54. The average molecular weight is 337 g/mol. The van der Waals surface area contributed by atoms with Crippen molar-refractivity contribution in [2.24, 2.45) is 0 Å². The minimum Gasteiger partial charge on any atom is -0.355 e. The number of rotatable bonds is 2. The summed E-state index contributed by atoms with van der Waals surface area (Å²) in [5.41, 5.74) is 2.38. The third kappa shape index (κ3) is 3.04.